The van der Waals surface area contributed by atoms with Crippen molar-refractivity contribution in [2.75, 3.05) is 13.6 Å². The molecule has 1 atom stereocenters. The number of ether oxygens (including phenoxy) is 1. The maximum Gasteiger partial charge on any atom is 0.410 e. The van der Waals surface area contributed by atoms with Crippen molar-refractivity contribution >= 4 is 6.09 Å². The molecule has 0 saturated heterocycles. The third-order valence-electron chi connectivity index (χ3n) is 3.92. The Morgan fingerprint density at radius 1 is 1.38 bits per heavy atom. The van der Waals surface area contributed by atoms with E-state index < -0.39 is 5.60 Å². The lowest BCUT2D eigenvalue weighted by molar-refractivity contribution is 0.0203. The van der Waals surface area contributed by atoms with Crippen LogP contribution in [0.5, 0.6) is 0 Å². The summed E-state index contributed by atoms with van der Waals surface area (Å²) in [5.41, 5.74) is 8.04. The Morgan fingerprint density at radius 3 is 2.52 bits per heavy atom. The number of azide groups is 1. The minimum Gasteiger partial charge on any atom is -0.444 e. The smallest absolute Gasteiger partial charge is 0.410 e. The van der Waals surface area contributed by atoms with Crippen molar-refractivity contribution in [2.45, 2.75) is 70.9 Å². The zero-order valence-corrected chi connectivity index (χ0v) is 13.7. The van der Waals surface area contributed by atoms with E-state index in [1.807, 2.05) is 20.8 Å². The van der Waals surface area contributed by atoms with Crippen LogP contribution in [0.2, 0.25) is 0 Å². The van der Waals surface area contributed by atoms with E-state index in [-0.39, 0.29) is 12.1 Å². The molecule has 120 valence electrons. The number of rotatable bonds is 5. The molecule has 6 heteroatoms. The van der Waals surface area contributed by atoms with Gasteiger partial charge in [-0.15, -0.1) is 0 Å². The summed E-state index contributed by atoms with van der Waals surface area (Å²) in [6, 6.07) is -0.0844. The standard InChI is InChI=1S/C15H28N4O2/c1-15(2,3)21-14(20)19(4)13(11-17-18-16)10-12-8-6-5-7-9-12/h12-13H,5-11H2,1-4H3/t13-/m0/s1. The van der Waals surface area contributed by atoms with Crippen LogP contribution in [0, 0.1) is 5.92 Å². The first-order valence-corrected chi connectivity index (χ1v) is 7.80. The Kier molecular flexibility index (Phi) is 6.82. The molecule has 0 bridgehead atoms. The summed E-state index contributed by atoms with van der Waals surface area (Å²) >= 11 is 0. The molecule has 1 fully saturated rings. The Hall–Kier alpha value is -1.42. The summed E-state index contributed by atoms with van der Waals surface area (Å²) in [7, 11) is 1.73. The summed E-state index contributed by atoms with van der Waals surface area (Å²) in [5, 5.41) is 3.67. The SMILES string of the molecule is CN(C(=O)OC(C)(C)C)[C@H](CN=[N+]=[N-])CC1CCCCC1. The molecule has 0 spiro atoms. The highest BCUT2D eigenvalue weighted by molar-refractivity contribution is 5.68. The second kappa shape index (κ2) is 8.13. The molecule has 21 heavy (non-hydrogen) atoms. The predicted octanol–water partition coefficient (Wildman–Crippen LogP) is 4.50. The van der Waals surface area contributed by atoms with Gasteiger partial charge >= 0.3 is 6.09 Å². The highest BCUT2D eigenvalue weighted by atomic mass is 16.6. The van der Waals surface area contributed by atoms with Gasteiger partial charge in [0.2, 0.25) is 0 Å². The largest absolute Gasteiger partial charge is 0.444 e. The van der Waals surface area contributed by atoms with Gasteiger partial charge in [-0.3, -0.25) is 0 Å². The molecule has 0 unspecified atom stereocenters. The molecular formula is C15H28N4O2. The molecule has 6 nitrogen and oxygen atoms in total. The summed E-state index contributed by atoms with van der Waals surface area (Å²) in [4.78, 5) is 16.6. The fourth-order valence-electron chi connectivity index (χ4n) is 2.78. The van der Waals surface area contributed by atoms with Gasteiger partial charge in [-0.2, -0.15) is 0 Å². The van der Waals surface area contributed by atoms with Crippen LogP contribution in [0.4, 0.5) is 4.79 Å². The maximum atomic E-state index is 12.2. The molecule has 0 aromatic rings. The molecule has 0 aromatic heterocycles. The van der Waals surface area contributed by atoms with E-state index in [1.165, 1.54) is 32.1 Å². The first kappa shape index (κ1) is 17.6. The van der Waals surface area contributed by atoms with E-state index in [9.17, 15) is 4.79 Å². The number of amides is 1. The van der Waals surface area contributed by atoms with Crippen LogP contribution in [0.15, 0.2) is 5.11 Å². The monoisotopic (exact) mass is 296 g/mol. The van der Waals surface area contributed by atoms with Gasteiger partial charge in [0.15, 0.2) is 0 Å². The average molecular weight is 296 g/mol. The molecule has 0 aromatic carbocycles. The minimum atomic E-state index is -0.515. The lowest BCUT2D eigenvalue weighted by atomic mass is 9.84. The van der Waals surface area contributed by atoms with Gasteiger partial charge in [0.05, 0.1) is 0 Å². The molecule has 0 radical (unpaired) electrons. The van der Waals surface area contributed by atoms with Crippen molar-refractivity contribution in [1.29, 1.82) is 0 Å². The number of likely N-dealkylation sites (N-methyl/N-ethyl adjacent to an activating group) is 1. The fraction of sp³-hybridized carbons (Fsp3) is 0.933. The third kappa shape index (κ3) is 6.71. The lowest BCUT2D eigenvalue weighted by Crippen LogP contribution is -2.43. The van der Waals surface area contributed by atoms with Crippen LogP contribution in [-0.2, 0) is 4.74 Å². The van der Waals surface area contributed by atoms with Gasteiger partial charge in [0.1, 0.15) is 5.60 Å². The first-order valence-electron chi connectivity index (χ1n) is 7.80. The van der Waals surface area contributed by atoms with E-state index in [2.05, 4.69) is 10.0 Å². The van der Waals surface area contributed by atoms with Gasteiger partial charge < -0.3 is 9.64 Å². The summed E-state index contributed by atoms with van der Waals surface area (Å²) in [5.74, 6) is 0.613. The Bertz CT molecular complexity index is 380. The van der Waals surface area contributed by atoms with Gasteiger partial charge in [0, 0.05) is 24.5 Å². The van der Waals surface area contributed by atoms with Crippen LogP contribution >= 0.6 is 0 Å². The molecular weight excluding hydrogens is 268 g/mol. The minimum absolute atomic E-state index is 0.0844. The van der Waals surface area contributed by atoms with Crippen molar-refractivity contribution in [3.05, 3.63) is 10.4 Å². The van der Waals surface area contributed by atoms with Crippen molar-refractivity contribution in [3.63, 3.8) is 0 Å². The topological polar surface area (TPSA) is 78.3 Å². The summed E-state index contributed by atoms with van der Waals surface area (Å²) < 4.78 is 5.40. The molecule has 1 rings (SSSR count). The van der Waals surface area contributed by atoms with Crippen molar-refractivity contribution < 1.29 is 9.53 Å². The second-order valence-electron chi connectivity index (χ2n) is 6.90. The Labute approximate surface area is 127 Å². The Balaban J connectivity index is 2.65. The number of hydrogen-bond acceptors (Lipinski definition) is 3. The third-order valence-corrected chi connectivity index (χ3v) is 3.92. The van der Waals surface area contributed by atoms with Gasteiger partial charge in [-0.1, -0.05) is 37.2 Å². The summed E-state index contributed by atoms with van der Waals surface area (Å²) in [6.07, 6.45) is 6.76. The second-order valence-corrected chi connectivity index (χ2v) is 6.90. The lowest BCUT2D eigenvalue weighted by Gasteiger charge is -2.33. The number of hydrogen-bond donors (Lipinski definition) is 0. The molecule has 1 aliphatic carbocycles. The zero-order valence-electron chi connectivity index (χ0n) is 13.7. The number of carbonyl (C=O) groups excluding carboxylic acids is 1. The van der Waals surface area contributed by atoms with E-state index in [0.29, 0.717) is 12.5 Å². The van der Waals surface area contributed by atoms with Crippen LogP contribution in [-0.4, -0.2) is 36.2 Å². The van der Waals surface area contributed by atoms with Crippen LogP contribution in [0.25, 0.3) is 10.4 Å². The van der Waals surface area contributed by atoms with E-state index in [1.54, 1.807) is 11.9 Å². The number of carbonyl (C=O) groups is 1. The normalized spacial score (nSPS) is 17.7. The molecule has 0 N–H and O–H groups in total. The Morgan fingerprint density at radius 2 is 2.00 bits per heavy atom. The van der Waals surface area contributed by atoms with E-state index in [4.69, 9.17) is 10.3 Å². The van der Waals surface area contributed by atoms with Crippen LogP contribution < -0.4 is 0 Å². The van der Waals surface area contributed by atoms with Crippen LogP contribution in [0.1, 0.15) is 59.3 Å². The highest BCUT2D eigenvalue weighted by Crippen LogP contribution is 2.29. The van der Waals surface area contributed by atoms with Crippen LogP contribution in [0.3, 0.4) is 0 Å². The molecule has 0 heterocycles. The first-order chi connectivity index (χ1) is 9.83. The number of nitrogens with zero attached hydrogens (tertiary/aromatic N) is 4. The van der Waals surface area contributed by atoms with E-state index >= 15 is 0 Å². The molecule has 0 aliphatic heterocycles. The molecule has 1 amide bonds. The maximum absolute atomic E-state index is 12.2. The van der Waals surface area contributed by atoms with Crippen molar-refractivity contribution in [2.24, 2.45) is 11.0 Å². The van der Waals surface area contributed by atoms with Gasteiger partial charge in [-0.25, -0.2) is 4.79 Å². The predicted molar refractivity (Wildman–Crippen MR) is 83.0 cm³/mol. The highest BCUT2D eigenvalue weighted by Gasteiger charge is 2.27. The molecule has 1 saturated carbocycles. The van der Waals surface area contributed by atoms with E-state index in [0.717, 1.165) is 6.42 Å². The van der Waals surface area contributed by atoms with Gasteiger partial charge in [-0.05, 0) is 38.6 Å². The molecule has 1 aliphatic rings. The van der Waals surface area contributed by atoms with Gasteiger partial charge in [0.25, 0.3) is 0 Å². The summed E-state index contributed by atoms with van der Waals surface area (Å²) in [6.45, 7) is 5.86. The zero-order chi connectivity index (χ0) is 15.9. The average Bonchev–Trinajstić information content (AvgIpc) is 2.42. The fourth-order valence-corrected chi connectivity index (χ4v) is 2.78. The van der Waals surface area contributed by atoms with Crippen molar-refractivity contribution in [1.82, 2.24) is 4.90 Å². The van der Waals surface area contributed by atoms with Crippen molar-refractivity contribution in [3.8, 4) is 0 Å². The quantitative estimate of drug-likeness (QED) is 0.425.